The van der Waals surface area contributed by atoms with Gasteiger partial charge in [0.1, 0.15) is 5.69 Å². The highest BCUT2D eigenvalue weighted by Crippen LogP contribution is 2.11. The van der Waals surface area contributed by atoms with Crippen molar-refractivity contribution in [1.29, 1.82) is 0 Å². The zero-order valence-corrected chi connectivity index (χ0v) is 11.2. The summed E-state index contributed by atoms with van der Waals surface area (Å²) in [6.07, 6.45) is 3.85. The average molecular weight is 257 g/mol. The number of ketones is 1. The van der Waals surface area contributed by atoms with Crippen molar-refractivity contribution in [1.82, 2.24) is 9.78 Å². The topological polar surface area (TPSA) is 60.9 Å². The molecule has 100 valence electrons. The summed E-state index contributed by atoms with van der Waals surface area (Å²) in [6, 6.07) is 9.46. The van der Waals surface area contributed by atoms with E-state index < -0.39 is 0 Å². The van der Waals surface area contributed by atoms with Crippen molar-refractivity contribution < 1.29 is 4.79 Å². The maximum absolute atomic E-state index is 12.2. The third-order valence-corrected chi connectivity index (χ3v) is 3.03. The molecular formula is C15H19N3O. The van der Waals surface area contributed by atoms with Crippen LogP contribution in [0.1, 0.15) is 35.8 Å². The summed E-state index contributed by atoms with van der Waals surface area (Å²) in [7, 11) is 0. The Balaban J connectivity index is 1.99. The molecule has 0 aliphatic heterocycles. The first-order valence-electron chi connectivity index (χ1n) is 6.60. The van der Waals surface area contributed by atoms with E-state index in [0.29, 0.717) is 18.5 Å². The van der Waals surface area contributed by atoms with Gasteiger partial charge < -0.3 is 5.73 Å². The second kappa shape index (κ2) is 6.18. The Bertz CT molecular complexity index is 560. The quantitative estimate of drug-likeness (QED) is 0.639. The lowest BCUT2D eigenvalue weighted by Gasteiger charge is -2.05. The van der Waals surface area contributed by atoms with Crippen LogP contribution in [0.25, 0.3) is 0 Å². The van der Waals surface area contributed by atoms with Crippen LogP contribution in [-0.2, 0) is 13.0 Å². The van der Waals surface area contributed by atoms with Crippen molar-refractivity contribution in [3.8, 4) is 0 Å². The molecule has 1 aromatic carbocycles. The minimum Gasteiger partial charge on any atom is -0.399 e. The Morgan fingerprint density at radius 2 is 2.21 bits per heavy atom. The number of aromatic nitrogens is 2. The lowest BCUT2D eigenvalue weighted by molar-refractivity contribution is 0.0972. The minimum absolute atomic E-state index is 0.133. The molecule has 0 atom stereocenters. The Kier molecular flexibility index (Phi) is 4.34. The Morgan fingerprint density at radius 1 is 1.37 bits per heavy atom. The van der Waals surface area contributed by atoms with E-state index in [1.54, 1.807) is 16.9 Å². The summed E-state index contributed by atoms with van der Waals surface area (Å²) < 4.78 is 1.78. The average Bonchev–Trinajstić information content (AvgIpc) is 2.85. The van der Waals surface area contributed by atoms with Crippen molar-refractivity contribution in [2.75, 3.05) is 5.73 Å². The molecule has 19 heavy (non-hydrogen) atoms. The zero-order chi connectivity index (χ0) is 13.7. The van der Waals surface area contributed by atoms with Crippen LogP contribution < -0.4 is 5.73 Å². The van der Waals surface area contributed by atoms with Crippen molar-refractivity contribution >= 4 is 11.5 Å². The molecule has 0 radical (unpaired) electrons. The number of nitrogens with zero attached hydrogens (tertiary/aromatic N) is 2. The number of nitrogen functional groups attached to an aromatic ring is 1. The maximum Gasteiger partial charge on any atom is 0.181 e. The van der Waals surface area contributed by atoms with Gasteiger partial charge in [-0.1, -0.05) is 19.1 Å². The SMILES string of the molecule is CCCn1nccc1C(=O)CCc1cccc(N)c1. The second-order valence-electron chi connectivity index (χ2n) is 4.61. The van der Waals surface area contributed by atoms with Crippen LogP contribution in [0, 0.1) is 0 Å². The van der Waals surface area contributed by atoms with E-state index in [4.69, 9.17) is 5.73 Å². The number of rotatable bonds is 6. The number of nitrogens with two attached hydrogens (primary N) is 1. The summed E-state index contributed by atoms with van der Waals surface area (Å²) in [5.41, 5.74) is 8.25. The molecule has 0 bridgehead atoms. The number of carbonyl (C=O) groups is 1. The monoisotopic (exact) mass is 257 g/mol. The molecule has 4 heteroatoms. The highest BCUT2D eigenvalue weighted by atomic mass is 16.1. The van der Waals surface area contributed by atoms with Crippen molar-refractivity contribution in [2.45, 2.75) is 32.7 Å². The fraction of sp³-hybridized carbons (Fsp3) is 0.333. The smallest absolute Gasteiger partial charge is 0.181 e. The van der Waals surface area contributed by atoms with Crippen molar-refractivity contribution in [3.05, 3.63) is 47.8 Å². The predicted molar refractivity (Wildman–Crippen MR) is 76.0 cm³/mol. The van der Waals surface area contributed by atoms with Gasteiger partial charge in [0.2, 0.25) is 0 Å². The first-order valence-corrected chi connectivity index (χ1v) is 6.60. The number of hydrogen-bond acceptors (Lipinski definition) is 3. The van der Waals surface area contributed by atoms with Gasteiger partial charge in [-0.25, -0.2) is 0 Å². The van der Waals surface area contributed by atoms with Crippen LogP contribution in [0.3, 0.4) is 0 Å². The van der Waals surface area contributed by atoms with Gasteiger partial charge in [-0.05, 0) is 36.6 Å². The fourth-order valence-corrected chi connectivity index (χ4v) is 2.09. The van der Waals surface area contributed by atoms with Crippen LogP contribution >= 0.6 is 0 Å². The fourth-order valence-electron chi connectivity index (χ4n) is 2.09. The largest absolute Gasteiger partial charge is 0.399 e. The van der Waals surface area contributed by atoms with Gasteiger partial charge in [0.05, 0.1) is 0 Å². The summed E-state index contributed by atoms with van der Waals surface area (Å²) in [5.74, 6) is 0.133. The number of aryl methyl sites for hydroxylation is 2. The highest BCUT2D eigenvalue weighted by Gasteiger charge is 2.11. The second-order valence-corrected chi connectivity index (χ2v) is 4.61. The molecule has 1 heterocycles. The van der Waals surface area contributed by atoms with Gasteiger partial charge in [-0.2, -0.15) is 5.10 Å². The van der Waals surface area contributed by atoms with Crippen LogP contribution in [0.2, 0.25) is 0 Å². The van der Waals surface area contributed by atoms with E-state index in [1.807, 2.05) is 24.3 Å². The molecule has 0 saturated carbocycles. The molecule has 2 rings (SSSR count). The van der Waals surface area contributed by atoms with Gasteiger partial charge in [0.25, 0.3) is 0 Å². The molecule has 0 unspecified atom stereocenters. The van der Waals surface area contributed by atoms with Gasteiger partial charge in [0, 0.05) is 24.8 Å². The maximum atomic E-state index is 12.2. The Morgan fingerprint density at radius 3 is 2.95 bits per heavy atom. The van der Waals surface area contributed by atoms with Gasteiger partial charge in [0.15, 0.2) is 5.78 Å². The summed E-state index contributed by atoms with van der Waals surface area (Å²) in [5, 5.41) is 4.17. The molecular weight excluding hydrogens is 238 g/mol. The van der Waals surface area contributed by atoms with E-state index in [2.05, 4.69) is 12.0 Å². The van der Waals surface area contributed by atoms with E-state index in [9.17, 15) is 4.79 Å². The minimum atomic E-state index is 0.133. The highest BCUT2D eigenvalue weighted by molar-refractivity contribution is 5.94. The van der Waals surface area contributed by atoms with Crippen LogP contribution in [0.5, 0.6) is 0 Å². The van der Waals surface area contributed by atoms with E-state index in [0.717, 1.165) is 24.2 Å². The van der Waals surface area contributed by atoms with E-state index in [1.165, 1.54) is 0 Å². The van der Waals surface area contributed by atoms with Gasteiger partial charge in [-0.3, -0.25) is 9.48 Å². The van der Waals surface area contributed by atoms with Gasteiger partial charge in [-0.15, -0.1) is 0 Å². The standard InChI is InChI=1S/C15H19N3O/c1-2-10-18-14(8-9-17-18)15(19)7-6-12-4-3-5-13(16)11-12/h3-5,8-9,11H,2,6-7,10,16H2,1H3. The summed E-state index contributed by atoms with van der Waals surface area (Å²) >= 11 is 0. The summed E-state index contributed by atoms with van der Waals surface area (Å²) in [6.45, 7) is 2.86. The first kappa shape index (κ1) is 13.3. The normalized spacial score (nSPS) is 10.6. The number of anilines is 1. The molecule has 0 aliphatic carbocycles. The van der Waals surface area contributed by atoms with Gasteiger partial charge >= 0.3 is 0 Å². The molecule has 4 nitrogen and oxygen atoms in total. The van der Waals surface area contributed by atoms with Crippen molar-refractivity contribution in [2.24, 2.45) is 0 Å². The molecule has 0 saturated heterocycles. The third-order valence-electron chi connectivity index (χ3n) is 3.03. The van der Waals surface area contributed by atoms with Crippen LogP contribution in [0.15, 0.2) is 36.5 Å². The number of Topliss-reactive ketones (excluding diaryl/α,β-unsaturated/α-hetero) is 1. The molecule has 0 spiro atoms. The van der Waals surface area contributed by atoms with Crippen LogP contribution in [-0.4, -0.2) is 15.6 Å². The number of benzene rings is 1. The molecule has 2 aromatic rings. The third kappa shape index (κ3) is 3.44. The lowest BCUT2D eigenvalue weighted by atomic mass is 10.1. The Hall–Kier alpha value is -2.10. The van der Waals surface area contributed by atoms with Crippen molar-refractivity contribution in [3.63, 3.8) is 0 Å². The lowest BCUT2D eigenvalue weighted by Crippen LogP contribution is -2.11. The molecule has 2 N–H and O–H groups in total. The number of carbonyl (C=O) groups excluding carboxylic acids is 1. The zero-order valence-electron chi connectivity index (χ0n) is 11.2. The molecule has 1 aromatic heterocycles. The number of hydrogen-bond donors (Lipinski definition) is 1. The first-order chi connectivity index (χ1) is 9.20. The van der Waals surface area contributed by atoms with E-state index in [-0.39, 0.29) is 5.78 Å². The molecule has 0 fully saturated rings. The molecule has 0 aliphatic rings. The summed E-state index contributed by atoms with van der Waals surface area (Å²) in [4.78, 5) is 12.2. The molecule has 0 amide bonds. The van der Waals surface area contributed by atoms with Crippen LogP contribution in [0.4, 0.5) is 5.69 Å². The van der Waals surface area contributed by atoms with E-state index >= 15 is 0 Å². The predicted octanol–water partition coefficient (Wildman–Crippen LogP) is 2.69. The Labute approximate surface area is 113 Å².